The molecule has 0 saturated heterocycles. The first-order chi connectivity index (χ1) is 7.66. The second-order valence-electron chi connectivity index (χ2n) is 4.38. The Morgan fingerprint density at radius 3 is 2.88 bits per heavy atom. The van der Waals surface area contributed by atoms with Crippen LogP contribution in [-0.4, -0.2) is 17.8 Å². The summed E-state index contributed by atoms with van der Waals surface area (Å²) < 4.78 is 0. The molecule has 1 aliphatic carbocycles. The topological polar surface area (TPSA) is 58.3 Å². The normalized spacial score (nSPS) is 24.6. The van der Waals surface area contributed by atoms with Crippen LogP contribution in [0.5, 0.6) is 0 Å². The first-order valence-electron chi connectivity index (χ1n) is 5.64. The highest BCUT2D eigenvalue weighted by molar-refractivity contribution is 6.33. The maximum absolute atomic E-state index is 9.69. The third-order valence-electron chi connectivity index (χ3n) is 3.17. The van der Waals surface area contributed by atoms with Gasteiger partial charge < -0.3 is 16.2 Å². The Labute approximate surface area is 101 Å². The fourth-order valence-electron chi connectivity index (χ4n) is 2.17. The summed E-state index contributed by atoms with van der Waals surface area (Å²) in [4.78, 5) is 0. The van der Waals surface area contributed by atoms with Gasteiger partial charge in [0.2, 0.25) is 0 Å². The van der Waals surface area contributed by atoms with Gasteiger partial charge in [-0.3, -0.25) is 0 Å². The van der Waals surface area contributed by atoms with Gasteiger partial charge in [-0.25, -0.2) is 0 Å². The Bertz CT molecular complexity index is 370. The van der Waals surface area contributed by atoms with Gasteiger partial charge in [0.25, 0.3) is 0 Å². The predicted octanol–water partition coefficient (Wildman–Crippen LogP) is 2.50. The number of nitrogens with one attached hydrogen (secondary N) is 1. The van der Waals surface area contributed by atoms with Gasteiger partial charge in [-0.2, -0.15) is 0 Å². The number of aliphatic hydroxyl groups is 1. The van der Waals surface area contributed by atoms with E-state index in [1.807, 2.05) is 12.1 Å². The van der Waals surface area contributed by atoms with Crippen molar-refractivity contribution in [3.05, 3.63) is 23.2 Å². The number of hydrogen-bond donors (Lipinski definition) is 3. The van der Waals surface area contributed by atoms with Crippen LogP contribution in [0.1, 0.15) is 19.3 Å². The Morgan fingerprint density at radius 1 is 1.44 bits per heavy atom. The molecule has 3 nitrogen and oxygen atoms in total. The van der Waals surface area contributed by atoms with E-state index in [1.54, 1.807) is 6.07 Å². The van der Waals surface area contributed by atoms with Crippen molar-refractivity contribution in [2.24, 2.45) is 5.92 Å². The van der Waals surface area contributed by atoms with Gasteiger partial charge in [0.05, 0.1) is 16.8 Å². The minimum Gasteiger partial charge on any atom is -0.399 e. The number of anilines is 2. The fourth-order valence-corrected chi connectivity index (χ4v) is 2.43. The van der Waals surface area contributed by atoms with Crippen LogP contribution in [0.2, 0.25) is 5.02 Å². The van der Waals surface area contributed by atoms with Crippen LogP contribution in [0, 0.1) is 5.92 Å². The third kappa shape index (κ3) is 2.60. The zero-order chi connectivity index (χ0) is 11.5. The van der Waals surface area contributed by atoms with Gasteiger partial charge >= 0.3 is 0 Å². The van der Waals surface area contributed by atoms with Crippen LogP contribution < -0.4 is 11.1 Å². The summed E-state index contributed by atoms with van der Waals surface area (Å²) in [6, 6.07) is 5.42. The average Bonchev–Trinajstić information content (AvgIpc) is 2.63. The quantitative estimate of drug-likeness (QED) is 0.712. The van der Waals surface area contributed by atoms with Crippen molar-refractivity contribution in [1.82, 2.24) is 0 Å². The van der Waals surface area contributed by atoms with Crippen molar-refractivity contribution >= 4 is 23.0 Å². The van der Waals surface area contributed by atoms with E-state index < -0.39 is 0 Å². The van der Waals surface area contributed by atoms with Crippen LogP contribution in [0.25, 0.3) is 0 Å². The minimum absolute atomic E-state index is 0.167. The van der Waals surface area contributed by atoms with E-state index in [1.165, 1.54) is 0 Å². The summed E-state index contributed by atoms with van der Waals surface area (Å²) in [5.74, 6) is 0.341. The van der Waals surface area contributed by atoms with Gasteiger partial charge in [0, 0.05) is 18.2 Å². The zero-order valence-electron chi connectivity index (χ0n) is 9.12. The molecule has 4 N–H and O–H groups in total. The molecular weight excluding hydrogens is 224 g/mol. The van der Waals surface area contributed by atoms with E-state index in [9.17, 15) is 5.11 Å². The molecule has 16 heavy (non-hydrogen) atoms. The molecule has 2 unspecified atom stereocenters. The van der Waals surface area contributed by atoms with Crippen molar-refractivity contribution in [3.8, 4) is 0 Å². The molecule has 1 aromatic carbocycles. The summed E-state index contributed by atoms with van der Waals surface area (Å²) in [7, 11) is 0. The molecule has 1 aromatic rings. The van der Waals surface area contributed by atoms with Crippen LogP contribution in [0.4, 0.5) is 11.4 Å². The van der Waals surface area contributed by atoms with Gasteiger partial charge in [0.15, 0.2) is 0 Å². The Morgan fingerprint density at radius 2 is 2.25 bits per heavy atom. The van der Waals surface area contributed by atoms with Crippen molar-refractivity contribution in [2.45, 2.75) is 25.4 Å². The van der Waals surface area contributed by atoms with Crippen molar-refractivity contribution < 1.29 is 5.11 Å². The summed E-state index contributed by atoms with van der Waals surface area (Å²) in [6.07, 6.45) is 2.95. The molecule has 1 aliphatic rings. The number of nitrogen functional groups attached to an aromatic ring is 1. The maximum Gasteiger partial charge on any atom is 0.0657 e. The zero-order valence-corrected chi connectivity index (χ0v) is 9.87. The SMILES string of the molecule is Nc1ccc(NCC2CCCC2O)c(Cl)c1. The predicted molar refractivity (Wildman–Crippen MR) is 67.7 cm³/mol. The molecule has 2 rings (SSSR count). The van der Waals surface area contributed by atoms with Crippen molar-refractivity contribution in [3.63, 3.8) is 0 Å². The van der Waals surface area contributed by atoms with Crippen molar-refractivity contribution in [1.29, 1.82) is 0 Å². The van der Waals surface area contributed by atoms with Crippen LogP contribution in [-0.2, 0) is 0 Å². The Balaban J connectivity index is 1.94. The molecule has 0 heterocycles. The number of rotatable bonds is 3. The molecule has 1 saturated carbocycles. The maximum atomic E-state index is 9.69. The number of aliphatic hydroxyl groups excluding tert-OH is 1. The number of halogens is 1. The lowest BCUT2D eigenvalue weighted by Crippen LogP contribution is -2.22. The summed E-state index contributed by atoms with van der Waals surface area (Å²) in [5, 5.41) is 13.6. The Kier molecular flexibility index (Phi) is 3.56. The van der Waals surface area contributed by atoms with Crippen LogP contribution >= 0.6 is 11.6 Å². The molecule has 0 aliphatic heterocycles. The van der Waals surface area contributed by atoms with E-state index >= 15 is 0 Å². The fraction of sp³-hybridized carbons (Fsp3) is 0.500. The monoisotopic (exact) mass is 240 g/mol. The van der Waals surface area contributed by atoms with Gasteiger partial charge in [0.1, 0.15) is 0 Å². The highest BCUT2D eigenvalue weighted by Crippen LogP contribution is 2.28. The summed E-state index contributed by atoms with van der Waals surface area (Å²) in [5.41, 5.74) is 7.16. The van der Waals surface area contributed by atoms with E-state index in [4.69, 9.17) is 17.3 Å². The summed E-state index contributed by atoms with van der Waals surface area (Å²) >= 11 is 6.05. The van der Waals surface area contributed by atoms with Gasteiger partial charge in [-0.1, -0.05) is 18.0 Å². The molecule has 2 atom stereocenters. The lowest BCUT2D eigenvalue weighted by Gasteiger charge is -2.16. The standard InChI is InChI=1S/C12H17ClN2O/c13-10-6-9(14)4-5-11(10)15-7-8-2-1-3-12(8)16/h4-6,8,12,15-16H,1-3,7,14H2. The molecule has 1 fully saturated rings. The number of hydrogen-bond acceptors (Lipinski definition) is 3. The smallest absolute Gasteiger partial charge is 0.0657 e. The highest BCUT2D eigenvalue weighted by atomic mass is 35.5. The highest BCUT2D eigenvalue weighted by Gasteiger charge is 2.24. The van der Waals surface area contributed by atoms with E-state index in [-0.39, 0.29) is 6.10 Å². The molecule has 0 amide bonds. The second-order valence-corrected chi connectivity index (χ2v) is 4.79. The Hall–Kier alpha value is -0.930. The first kappa shape index (κ1) is 11.6. The van der Waals surface area contributed by atoms with Gasteiger partial charge in [-0.15, -0.1) is 0 Å². The largest absolute Gasteiger partial charge is 0.399 e. The molecule has 0 aromatic heterocycles. The molecular formula is C12H17ClN2O. The van der Waals surface area contributed by atoms with E-state index in [2.05, 4.69) is 5.32 Å². The lowest BCUT2D eigenvalue weighted by molar-refractivity contribution is 0.138. The molecule has 0 radical (unpaired) electrons. The molecule has 4 heteroatoms. The first-order valence-corrected chi connectivity index (χ1v) is 6.01. The van der Waals surface area contributed by atoms with E-state index in [0.29, 0.717) is 16.6 Å². The minimum atomic E-state index is -0.167. The van der Waals surface area contributed by atoms with E-state index in [0.717, 1.165) is 31.5 Å². The van der Waals surface area contributed by atoms with Crippen molar-refractivity contribution in [2.75, 3.05) is 17.6 Å². The second kappa shape index (κ2) is 4.93. The third-order valence-corrected chi connectivity index (χ3v) is 3.48. The van der Waals surface area contributed by atoms with Crippen LogP contribution in [0.15, 0.2) is 18.2 Å². The lowest BCUT2D eigenvalue weighted by atomic mass is 10.1. The molecule has 0 bridgehead atoms. The number of nitrogens with two attached hydrogens (primary N) is 1. The molecule has 88 valence electrons. The number of benzene rings is 1. The average molecular weight is 241 g/mol. The summed E-state index contributed by atoms with van der Waals surface area (Å²) in [6.45, 7) is 0.769. The van der Waals surface area contributed by atoms with Crippen LogP contribution in [0.3, 0.4) is 0 Å². The van der Waals surface area contributed by atoms with Gasteiger partial charge in [-0.05, 0) is 31.0 Å². The molecule has 0 spiro atoms.